The zero-order chi connectivity index (χ0) is 6.15. The van der Waals surface area contributed by atoms with Crippen molar-refractivity contribution < 1.29 is 8.78 Å². The summed E-state index contributed by atoms with van der Waals surface area (Å²) in [7, 11) is 0. The van der Waals surface area contributed by atoms with E-state index in [4.69, 9.17) is 0 Å². The van der Waals surface area contributed by atoms with Crippen LogP contribution in [0.2, 0.25) is 0 Å². The lowest BCUT2D eigenvalue weighted by molar-refractivity contribution is 0.116. The van der Waals surface area contributed by atoms with Crippen LogP contribution in [0.5, 0.6) is 0 Å². The minimum absolute atomic E-state index is 0.250. The molecular weight excluding hydrogens is 110 g/mol. The molecule has 0 nitrogen and oxygen atoms in total. The van der Waals surface area contributed by atoms with Crippen LogP contribution in [0.15, 0.2) is 0 Å². The maximum atomic E-state index is 11.7. The number of halogens is 2. The van der Waals surface area contributed by atoms with Gasteiger partial charge in [0.05, 0.1) is 0 Å². The molecule has 0 aromatic heterocycles. The Morgan fingerprint density at radius 1 is 1.62 bits per heavy atom. The van der Waals surface area contributed by atoms with E-state index in [1.54, 1.807) is 0 Å². The van der Waals surface area contributed by atoms with E-state index in [9.17, 15) is 8.78 Å². The van der Waals surface area contributed by atoms with Crippen molar-refractivity contribution in [3.8, 4) is 0 Å². The molecule has 0 aliphatic heterocycles. The predicted molar refractivity (Wildman–Crippen MR) is 27.9 cm³/mol. The molecule has 2 heteroatoms. The first-order valence-corrected chi connectivity index (χ1v) is 3.03. The minimum atomic E-state index is -2.06. The molecule has 48 valence electrons. The lowest BCUT2D eigenvalue weighted by Crippen LogP contribution is -1.94. The minimum Gasteiger partial charge on any atom is -0.210 e. The van der Waals surface area contributed by atoms with Gasteiger partial charge in [-0.1, -0.05) is 13.3 Å². The molecule has 1 rings (SSSR count). The molecule has 0 amide bonds. The van der Waals surface area contributed by atoms with E-state index in [-0.39, 0.29) is 5.92 Å². The summed E-state index contributed by atoms with van der Waals surface area (Å²) in [5, 5.41) is 0. The van der Waals surface area contributed by atoms with Crippen LogP contribution in [0.3, 0.4) is 0 Å². The fraction of sp³-hybridized carbons (Fsp3) is 1.00. The summed E-state index contributed by atoms with van der Waals surface area (Å²) in [4.78, 5) is 0. The third-order valence-corrected chi connectivity index (χ3v) is 1.83. The molecule has 1 aliphatic carbocycles. The van der Waals surface area contributed by atoms with Gasteiger partial charge in [-0.2, -0.15) is 0 Å². The highest BCUT2D eigenvalue weighted by Gasteiger charge is 2.42. The molecule has 0 unspecified atom stereocenters. The Morgan fingerprint density at radius 2 is 2.25 bits per heavy atom. The number of alkyl halides is 2. The topological polar surface area (TPSA) is 0 Å². The Hall–Kier alpha value is -0.140. The third-order valence-electron chi connectivity index (χ3n) is 1.83. The van der Waals surface area contributed by atoms with Gasteiger partial charge in [-0.3, -0.25) is 0 Å². The predicted octanol–water partition coefficient (Wildman–Crippen LogP) is 2.30. The first kappa shape index (κ1) is 5.99. The zero-order valence-corrected chi connectivity index (χ0v) is 4.90. The first-order valence-electron chi connectivity index (χ1n) is 3.03. The molecule has 0 saturated heterocycles. The normalized spacial score (nSPS) is 36.0. The van der Waals surface area contributed by atoms with E-state index in [0.29, 0.717) is 5.92 Å². The molecule has 1 aliphatic rings. The third kappa shape index (κ3) is 0.984. The number of rotatable bonds is 2. The van der Waals surface area contributed by atoms with Crippen LogP contribution in [0, 0.1) is 11.8 Å². The molecule has 2 atom stereocenters. The summed E-state index contributed by atoms with van der Waals surface area (Å²) in [5.41, 5.74) is 0. The average molecular weight is 120 g/mol. The van der Waals surface area contributed by atoms with E-state index < -0.39 is 6.43 Å². The molecule has 1 saturated carbocycles. The van der Waals surface area contributed by atoms with E-state index in [1.807, 2.05) is 6.92 Å². The SMILES string of the molecule is CC[C@@H]1C[C@H]1C(F)F. The van der Waals surface area contributed by atoms with Gasteiger partial charge in [0, 0.05) is 5.92 Å². The van der Waals surface area contributed by atoms with Crippen LogP contribution in [0.4, 0.5) is 8.78 Å². The second kappa shape index (κ2) is 2.00. The van der Waals surface area contributed by atoms with Crippen LogP contribution in [-0.2, 0) is 0 Å². The Labute approximate surface area is 47.9 Å². The van der Waals surface area contributed by atoms with Gasteiger partial charge < -0.3 is 0 Å². The Kier molecular flexibility index (Phi) is 1.49. The lowest BCUT2D eigenvalue weighted by Gasteiger charge is -1.91. The fourth-order valence-corrected chi connectivity index (χ4v) is 1.05. The molecule has 1 fully saturated rings. The van der Waals surface area contributed by atoms with Gasteiger partial charge in [0.2, 0.25) is 6.43 Å². The fourth-order valence-electron chi connectivity index (χ4n) is 1.05. The van der Waals surface area contributed by atoms with Crippen LogP contribution in [-0.4, -0.2) is 6.43 Å². The Morgan fingerprint density at radius 3 is 2.38 bits per heavy atom. The molecule has 0 spiro atoms. The van der Waals surface area contributed by atoms with Gasteiger partial charge >= 0.3 is 0 Å². The molecule has 0 heterocycles. The zero-order valence-electron chi connectivity index (χ0n) is 4.90. The van der Waals surface area contributed by atoms with Crippen LogP contribution < -0.4 is 0 Å². The van der Waals surface area contributed by atoms with Crippen molar-refractivity contribution in [3.05, 3.63) is 0 Å². The van der Waals surface area contributed by atoms with Crippen molar-refractivity contribution in [2.45, 2.75) is 26.2 Å². The smallest absolute Gasteiger partial charge is 0.210 e. The summed E-state index contributed by atoms with van der Waals surface area (Å²) < 4.78 is 23.3. The monoisotopic (exact) mass is 120 g/mol. The molecular formula is C6H10F2. The molecule has 0 aromatic carbocycles. The van der Waals surface area contributed by atoms with Gasteiger partial charge in [0.15, 0.2) is 0 Å². The Balaban J connectivity index is 2.16. The van der Waals surface area contributed by atoms with Gasteiger partial charge in [-0.15, -0.1) is 0 Å². The summed E-state index contributed by atoms with van der Waals surface area (Å²) in [6.07, 6.45) is -0.372. The van der Waals surface area contributed by atoms with Crippen molar-refractivity contribution in [3.63, 3.8) is 0 Å². The van der Waals surface area contributed by atoms with Crippen molar-refractivity contribution in [2.24, 2.45) is 11.8 Å². The highest BCUT2D eigenvalue weighted by atomic mass is 19.3. The van der Waals surface area contributed by atoms with Crippen LogP contribution in [0.25, 0.3) is 0 Å². The molecule has 0 aromatic rings. The van der Waals surface area contributed by atoms with Crippen molar-refractivity contribution >= 4 is 0 Å². The maximum absolute atomic E-state index is 11.7. The van der Waals surface area contributed by atoms with E-state index in [2.05, 4.69) is 0 Å². The summed E-state index contributed by atoms with van der Waals surface area (Å²) in [6.45, 7) is 1.97. The van der Waals surface area contributed by atoms with E-state index >= 15 is 0 Å². The average Bonchev–Trinajstić information content (AvgIpc) is 2.42. The molecule has 0 bridgehead atoms. The summed E-state index contributed by atoms with van der Waals surface area (Å²) >= 11 is 0. The largest absolute Gasteiger partial charge is 0.241 e. The van der Waals surface area contributed by atoms with Crippen molar-refractivity contribution in [2.75, 3.05) is 0 Å². The van der Waals surface area contributed by atoms with Crippen molar-refractivity contribution in [1.29, 1.82) is 0 Å². The molecule has 0 N–H and O–H groups in total. The summed E-state index contributed by atoms with van der Waals surface area (Å²) in [6, 6.07) is 0. The summed E-state index contributed by atoms with van der Waals surface area (Å²) in [5.74, 6) is 0.0926. The first-order chi connectivity index (χ1) is 3.75. The van der Waals surface area contributed by atoms with E-state index in [0.717, 1.165) is 12.8 Å². The lowest BCUT2D eigenvalue weighted by atomic mass is 10.3. The number of hydrogen-bond donors (Lipinski definition) is 0. The van der Waals surface area contributed by atoms with Gasteiger partial charge in [-0.25, -0.2) is 8.78 Å². The van der Waals surface area contributed by atoms with Gasteiger partial charge in [0.1, 0.15) is 0 Å². The maximum Gasteiger partial charge on any atom is 0.241 e. The molecule has 0 radical (unpaired) electrons. The second-order valence-electron chi connectivity index (χ2n) is 2.40. The highest BCUT2D eigenvalue weighted by molar-refractivity contribution is 4.86. The van der Waals surface area contributed by atoms with Crippen LogP contribution >= 0.6 is 0 Å². The second-order valence-corrected chi connectivity index (χ2v) is 2.40. The molecule has 8 heavy (non-hydrogen) atoms. The van der Waals surface area contributed by atoms with Gasteiger partial charge in [-0.05, 0) is 12.3 Å². The Bertz CT molecular complexity index is 80.6. The van der Waals surface area contributed by atoms with Crippen LogP contribution in [0.1, 0.15) is 19.8 Å². The van der Waals surface area contributed by atoms with Crippen molar-refractivity contribution in [1.82, 2.24) is 0 Å². The standard InChI is InChI=1S/C6H10F2/c1-2-4-3-5(4)6(7)8/h4-6H,2-3H2,1H3/t4-,5-/m1/s1. The quantitative estimate of drug-likeness (QED) is 0.524. The van der Waals surface area contributed by atoms with Gasteiger partial charge in [0.25, 0.3) is 0 Å². The number of hydrogen-bond acceptors (Lipinski definition) is 0. The highest BCUT2D eigenvalue weighted by Crippen LogP contribution is 2.44. The van der Waals surface area contributed by atoms with E-state index in [1.165, 1.54) is 0 Å².